The Morgan fingerprint density at radius 3 is 2.32 bits per heavy atom. The van der Waals surface area contributed by atoms with Crippen LogP contribution in [0.15, 0.2) is 42.5 Å². The maximum atomic E-state index is 9.59. The van der Waals surface area contributed by atoms with Crippen molar-refractivity contribution in [1.29, 1.82) is 0 Å². The van der Waals surface area contributed by atoms with E-state index in [9.17, 15) is 5.11 Å². The minimum absolute atomic E-state index is 0.228. The smallest absolute Gasteiger partial charge is 0.0477 e. The summed E-state index contributed by atoms with van der Waals surface area (Å²) >= 11 is 0. The molecule has 2 heteroatoms. The van der Waals surface area contributed by atoms with Gasteiger partial charge < -0.3 is 10.0 Å². The van der Waals surface area contributed by atoms with Crippen molar-refractivity contribution in [2.75, 3.05) is 20.7 Å². The fraction of sp³-hybridized carbons (Fsp3) is 0.412. The standard InChI is InChI=1S/C17H23NO/c1-4-13(12-19)17(18(2)3)16-10-9-14-7-5-6-8-15(14)11-16/h5-11,13,17,19H,4,12H2,1-3H3. The Morgan fingerprint density at radius 1 is 1.05 bits per heavy atom. The number of hydrogen-bond acceptors (Lipinski definition) is 2. The van der Waals surface area contributed by atoms with Crippen molar-refractivity contribution in [1.82, 2.24) is 4.90 Å². The molecule has 102 valence electrons. The van der Waals surface area contributed by atoms with Gasteiger partial charge in [0.1, 0.15) is 0 Å². The third-order valence-corrected chi connectivity index (χ3v) is 3.88. The fourth-order valence-corrected chi connectivity index (χ4v) is 2.84. The second-order valence-corrected chi connectivity index (χ2v) is 5.37. The van der Waals surface area contributed by atoms with Gasteiger partial charge >= 0.3 is 0 Å². The van der Waals surface area contributed by atoms with Crippen molar-refractivity contribution in [2.24, 2.45) is 5.92 Å². The number of nitrogens with zero attached hydrogens (tertiary/aromatic N) is 1. The van der Waals surface area contributed by atoms with Crippen LogP contribution in [0.4, 0.5) is 0 Å². The van der Waals surface area contributed by atoms with E-state index in [1.807, 2.05) is 0 Å². The summed E-state index contributed by atoms with van der Waals surface area (Å²) in [4.78, 5) is 2.20. The van der Waals surface area contributed by atoms with Gasteiger partial charge in [-0.25, -0.2) is 0 Å². The molecule has 0 saturated carbocycles. The number of benzene rings is 2. The van der Waals surface area contributed by atoms with Gasteiger partial charge in [-0.1, -0.05) is 43.3 Å². The summed E-state index contributed by atoms with van der Waals surface area (Å²) in [6.45, 7) is 2.37. The second-order valence-electron chi connectivity index (χ2n) is 5.37. The van der Waals surface area contributed by atoms with Crippen LogP contribution in [0.2, 0.25) is 0 Å². The van der Waals surface area contributed by atoms with Crippen LogP contribution in [-0.2, 0) is 0 Å². The van der Waals surface area contributed by atoms with Crippen LogP contribution in [-0.4, -0.2) is 30.7 Å². The molecule has 0 aliphatic rings. The van der Waals surface area contributed by atoms with E-state index < -0.39 is 0 Å². The molecule has 0 aliphatic heterocycles. The molecule has 0 spiro atoms. The zero-order valence-electron chi connectivity index (χ0n) is 12.0. The Labute approximate surface area is 115 Å². The Balaban J connectivity index is 2.44. The van der Waals surface area contributed by atoms with E-state index in [4.69, 9.17) is 0 Å². The van der Waals surface area contributed by atoms with Gasteiger partial charge in [-0.2, -0.15) is 0 Å². The molecule has 2 aromatic rings. The van der Waals surface area contributed by atoms with Gasteiger partial charge in [-0.3, -0.25) is 0 Å². The largest absolute Gasteiger partial charge is 0.396 e. The molecule has 0 aliphatic carbocycles. The van der Waals surface area contributed by atoms with Crippen molar-refractivity contribution in [2.45, 2.75) is 19.4 Å². The first-order valence-electron chi connectivity index (χ1n) is 6.93. The van der Waals surface area contributed by atoms with Gasteiger partial charge in [0.05, 0.1) is 0 Å². The molecular weight excluding hydrogens is 234 g/mol. The second kappa shape index (κ2) is 6.18. The molecule has 2 aromatic carbocycles. The van der Waals surface area contributed by atoms with E-state index in [-0.39, 0.29) is 18.6 Å². The molecule has 2 unspecified atom stereocenters. The number of hydrogen-bond donors (Lipinski definition) is 1. The summed E-state index contributed by atoms with van der Waals surface area (Å²) in [6.07, 6.45) is 0.978. The fourth-order valence-electron chi connectivity index (χ4n) is 2.84. The molecule has 1 N–H and O–H groups in total. The molecule has 0 saturated heterocycles. The Bertz CT molecular complexity index is 532. The van der Waals surface area contributed by atoms with Gasteiger partial charge in [-0.15, -0.1) is 0 Å². The topological polar surface area (TPSA) is 23.5 Å². The minimum Gasteiger partial charge on any atom is -0.396 e. The summed E-state index contributed by atoms with van der Waals surface area (Å²) < 4.78 is 0. The molecule has 0 bridgehead atoms. The lowest BCUT2D eigenvalue weighted by molar-refractivity contribution is 0.130. The zero-order valence-corrected chi connectivity index (χ0v) is 12.0. The quantitative estimate of drug-likeness (QED) is 0.886. The first-order chi connectivity index (χ1) is 9.17. The third kappa shape index (κ3) is 2.96. The first kappa shape index (κ1) is 14.0. The maximum absolute atomic E-state index is 9.59. The average Bonchev–Trinajstić information content (AvgIpc) is 2.43. The van der Waals surface area contributed by atoms with E-state index in [1.165, 1.54) is 16.3 Å². The van der Waals surface area contributed by atoms with Crippen LogP contribution < -0.4 is 0 Å². The number of aliphatic hydroxyl groups is 1. The van der Waals surface area contributed by atoms with E-state index in [1.54, 1.807) is 0 Å². The van der Waals surface area contributed by atoms with Gasteiger partial charge in [0, 0.05) is 18.6 Å². The molecule has 0 aromatic heterocycles. The van der Waals surface area contributed by atoms with Crippen LogP contribution in [0.5, 0.6) is 0 Å². The molecule has 19 heavy (non-hydrogen) atoms. The normalized spacial score (nSPS) is 14.8. The molecule has 0 heterocycles. The zero-order chi connectivity index (χ0) is 13.8. The molecule has 0 fully saturated rings. The van der Waals surface area contributed by atoms with Gasteiger partial charge in [-0.05, 0) is 42.9 Å². The highest BCUT2D eigenvalue weighted by Gasteiger charge is 2.23. The summed E-state index contributed by atoms with van der Waals surface area (Å²) in [5.41, 5.74) is 1.28. The SMILES string of the molecule is CCC(CO)C(c1ccc2ccccc2c1)N(C)C. The highest BCUT2D eigenvalue weighted by atomic mass is 16.3. The van der Waals surface area contributed by atoms with Crippen molar-refractivity contribution in [3.63, 3.8) is 0 Å². The van der Waals surface area contributed by atoms with Crippen LogP contribution in [0.3, 0.4) is 0 Å². The predicted molar refractivity (Wildman–Crippen MR) is 81.2 cm³/mol. The van der Waals surface area contributed by atoms with Crippen molar-refractivity contribution < 1.29 is 5.11 Å². The number of fused-ring (bicyclic) bond motifs is 1. The van der Waals surface area contributed by atoms with Crippen LogP contribution in [0.25, 0.3) is 10.8 Å². The first-order valence-corrected chi connectivity index (χ1v) is 6.93. The maximum Gasteiger partial charge on any atom is 0.0477 e. The van der Waals surface area contributed by atoms with E-state index in [2.05, 4.69) is 68.4 Å². The lowest BCUT2D eigenvalue weighted by Crippen LogP contribution is -2.29. The Morgan fingerprint density at radius 2 is 1.74 bits per heavy atom. The van der Waals surface area contributed by atoms with Crippen molar-refractivity contribution in [3.8, 4) is 0 Å². The molecule has 0 amide bonds. The molecule has 2 atom stereocenters. The predicted octanol–water partition coefficient (Wildman–Crippen LogP) is 3.46. The summed E-state index contributed by atoms with van der Waals surface area (Å²) in [5.74, 6) is 0.274. The van der Waals surface area contributed by atoms with Crippen molar-refractivity contribution >= 4 is 10.8 Å². The molecular formula is C17H23NO. The number of rotatable bonds is 5. The summed E-state index contributed by atoms with van der Waals surface area (Å²) in [7, 11) is 4.16. The average molecular weight is 257 g/mol. The third-order valence-electron chi connectivity index (χ3n) is 3.88. The van der Waals surface area contributed by atoms with Crippen LogP contribution in [0, 0.1) is 5.92 Å². The van der Waals surface area contributed by atoms with Gasteiger partial charge in [0.15, 0.2) is 0 Å². The lowest BCUT2D eigenvalue weighted by Gasteiger charge is -2.31. The Kier molecular flexibility index (Phi) is 4.56. The molecule has 0 radical (unpaired) electrons. The van der Waals surface area contributed by atoms with Gasteiger partial charge in [0.2, 0.25) is 0 Å². The van der Waals surface area contributed by atoms with Crippen LogP contribution in [0.1, 0.15) is 24.9 Å². The highest BCUT2D eigenvalue weighted by Crippen LogP contribution is 2.30. The van der Waals surface area contributed by atoms with Crippen molar-refractivity contribution in [3.05, 3.63) is 48.0 Å². The van der Waals surface area contributed by atoms with E-state index in [0.29, 0.717) is 0 Å². The minimum atomic E-state index is 0.228. The monoisotopic (exact) mass is 257 g/mol. The number of aliphatic hydroxyl groups excluding tert-OH is 1. The highest BCUT2D eigenvalue weighted by molar-refractivity contribution is 5.83. The Hall–Kier alpha value is -1.38. The van der Waals surface area contributed by atoms with E-state index in [0.717, 1.165) is 6.42 Å². The van der Waals surface area contributed by atoms with Crippen LogP contribution >= 0.6 is 0 Å². The molecule has 2 rings (SSSR count). The summed E-state index contributed by atoms with van der Waals surface area (Å²) in [5, 5.41) is 12.1. The lowest BCUT2D eigenvalue weighted by atomic mass is 9.89. The summed E-state index contributed by atoms with van der Waals surface area (Å²) in [6, 6.07) is 15.3. The van der Waals surface area contributed by atoms with E-state index >= 15 is 0 Å². The molecule has 2 nitrogen and oxygen atoms in total. The van der Waals surface area contributed by atoms with Gasteiger partial charge in [0.25, 0.3) is 0 Å².